The summed E-state index contributed by atoms with van der Waals surface area (Å²) >= 11 is 1.16. The van der Waals surface area contributed by atoms with Gasteiger partial charge in [-0.2, -0.15) is 0 Å². The van der Waals surface area contributed by atoms with Gasteiger partial charge in [-0.05, 0) is 53.4 Å². The van der Waals surface area contributed by atoms with Gasteiger partial charge in [0.05, 0.1) is 6.42 Å². The van der Waals surface area contributed by atoms with E-state index in [1.54, 1.807) is 0 Å². The topological polar surface area (TPSA) is 74.6 Å². The Morgan fingerprint density at radius 1 is 0.917 bits per heavy atom. The molecule has 0 saturated heterocycles. The number of hydrogen-bond acceptors (Lipinski definition) is 3. The zero-order valence-corrected chi connectivity index (χ0v) is 16.0. The van der Waals surface area contributed by atoms with Crippen LogP contribution in [0.2, 0.25) is 0 Å². The van der Waals surface area contributed by atoms with Crippen molar-refractivity contribution in [1.29, 1.82) is 0 Å². The molecule has 1 atom stereocenters. The Bertz CT molecular complexity index is 499. The lowest BCUT2D eigenvalue weighted by Gasteiger charge is -2.08. The van der Waals surface area contributed by atoms with E-state index in [1.165, 1.54) is 16.7 Å². The van der Waals surface area contributed by atoms with Gasteiger partial charge in [0.1, 0.15) is 5.25 Å². The maximum atomic E-state index is 11.0. The second-order valence-electron chi connectivity index (χ2n) is 6.22. The number of rotatable bonds is 12. The summed E-state index contributed by atoms with van der Waals surface area (Å²) in [7, 11) is 0. The van der Waals surface area contributed by atoms with Crippen LogP contribution in [0.5, 0.6) is 0 Å². The molecule has 0 aromatic heterocycles. The summed E-state index contributed by atoms with van der Waals surface area (Å²) in [6, 6.07) is 0. The molecule has 0 rings (SSSR count). The molecule has 1 unspecified atom stereocenters. The highest BCUT2D eigenvalue weighted by molar-refractivity contribution is 8.00. The molecule has 0 aromatic rings. The lowest BCUT2D eigenvalue weighted by atomic mass is 10.1. The van der Waals surface area contributed by atoms with E-state index in [-0.39, 0.29) is 6.42 Å². The van der Waals surface area contributed by atoms with Gasteiger partial charge in [-0.1, -0.05) is 34.9 Å². The number of thioether (sulfide) groups is 1. The Morgan fingerprint density at radius 2 is 1.46 bits per heavy atom. The monoisotopic (exact) mass is 354 g/mol. The maximum absolute atomic E-state index is 11.0. The molecule has 0 aliphatic carbocycles. The average molecular weight is 355 g/mol. The van der Waals surface area contributed by atoms with Crippen LogP contribution in [0.3, 0.4) is 0 Å². The van der Waals surface area contributed by atoms with Crippen molar-refractivity contribution in [3.8, 4) is 0 Å². The highest BCUT2D eigenvalue weighted by atomic mass is 32.2. The van der Waals surface area contributed by atoms with Crippen molar-refractivity contribution in [1.82, 2.24) is 0 Å². The highest BCUT2D eigenvalue weighted by Gasteiger charge is 2.20. The van der Waals surface area contributed by atoms with Crippen molar-refractivity contribution in [2.24, 2.45) is 0 Å². The van der Waals surface area contributed by atoms with Gasteiger partial charge < -0.3 is 10.2 Å². The Kier molecular flexibility index (Phi) is 12.1. The van der Waals surface area contributed by atoms with Crippen molar-refractivity contribution in [3.63, 3.8) is 0 Å². The molecule has 4 nitrogen and oxygen atoms in total. The summed E-state index contributed by atoms with van der Waals surface area (Å²) in [5.41, 5.74) is 3.94. The third-order valence-electron chi connectivity index (χ3n) is 3.49. The molecule has 0 spiro atoms. The minimum Gasteiger partial charge on any atom is -0.481 e. The normalized spacial score (nSPS) is 13.5. The smallest absolute Gasteiger partial charge is 0.317 e. The molecule has 5 heteroatoms. The number of allylic oxidation sites excluding steroid dienone is 5. The molecule has 0 saturated carbocycles. The molecular weight excluding hydrogens is 324 g/mol. The predicted octanol–water partition coefficient (Wildman–Crippen LogP) is 5.07. The highest BCUT2D eigenvalue weighted by Crippen LogP contribution is 2.17. The fraction of sp³-hybridized carbons (Fsp3) is 0.579. The second-order valence-corrected chi connectivity index (χ2v) is 7.45. The van der Waals surface area contributed by atoms with Crippen LogP contribution >= 0.6 is 11.8 Å². The van der Waals surface area contributed by atoms with Crippen LogP contribution in [-0.2, 0) is 9.59 Å². The van der Waals surface area contributed by atoms with Crippen LogP contribution in [0.25, 0.3) is 0 Å². The minimum absolute atomic E-state index is 0.347. The molecule has 136 valence electrons. The van der Waals surface area contributed by atoms with Gasteiger partial charge in [-0.25, -0.2) is 0 Å². The van der Waals surface area contributed by atoms with Crippen molar-refractivity contribution < 1.29 is 19.8 Å². The fourth-order valence-electron chi connectivity index (χ4n) is 2.02. The first-order chi connectivity index (χ1) is 11.2. The number of aliphatic carboxylic acids is 2. The summed E-state index contributed by atoms with van der Waals surface area (Å²) in [5.74, 6) is -1.62. The zero-order chi connectivity index (χ0) is 18.5. The molecule has 2 N–H and O–H groups in total. The second kappa shape index (κ2) is 12.9. The van der Waals surface area contributed by atoms with Crippen molar-refractivity contribution >= 4 is 23.7 Å². The molecule has 0 bridgehead atoms. The van der Waals surface area contributed by atoms with Gasteiger partial charge >= 0.3 is 11.9 Å². The quantitative estimate of drug-likeness (QED) is 0.479. The van der Waals surface area contributed by atoms with Gasteiger partial charge in [0.25, 0.3) is 0 Å². The summed E-state index contributed by atoms with van der Waals surface area (Å²) in [4.78, 5) is 21.6. The van der Waals surface area contributed by atoms with E-state index < -0.39 is 17.2 Å². The van der Waals surface area contributed by atoms with Crippen LogP contribution in [-0.4, -0.2) is 33.2 Å². The van der Waals surface area contributed by atoms with Crippen LogP contribution < -0.4 is 0 Å². The van der Waals surface area contributed by atoms with E-state index in [2.05, 4.69) is 32.9 Å². The van der Waals surface area contributed by atoms with Gasteiger partial charge in [0.2, 0.25) is 0 Å². The zero-order valence-electron chi connectivity index (χ0n) is 15.2. The fourth-order valence-corrected chi connectivity index (χ4v) is 3.04. The molecule has 0 aliphatic rings. The van der Waals surface area contributed by atoms with E-state index in [0.29, 0.717) is 5.75 Å². The molecule has 0 heterocycles. The number of carboxylic acid groups (broad SMARTS) is 2. The first kappa shape index (κ1) is 22.5. The van der Waals surface area contributed by atoms with Crippen molar-refractivity contribution in [3.05, 3.63) is 34.9 Å². The lowest BCUT2D eigenvalue weighted by molar-refractivity contribution is -0.142. The summed E-state index contributed by atoms with van der Waals surface area (Å²) in [5, 5.41) is 16.8. The first-order valence-electron chi connectivity index (χ1n) is 8.23. The van der Waals surface area contributed by atoms with E-state index in [1.807, 2.05) is 13.0 Å². The van der Waals surface area contributed by atoms with Gasteiger partial charge in [-0.15, -0.1) is 11.8 Å². The van der Waals surface area contributed by atoms with Gasteiger partial charge in [0, 0.05) is 5.75 Å². The van der Waals surface area contributed by atoms with E-state index in [9.17, 15) is 9.59 Å². The summed E-state index contributed by atoms with van der Waals surface area (Å²) in [6.07, 6.45) is 10.2. The molecule has 24 heavy (non-hydrogen) atoms. The molecule has 0 aliphatic heterocycles. The van der Waals surface area contributed by atoms with Crippen molar-refractivity contribution in [2.75, 3.05) is 5.75 Å². The van der Waals surface area contributed by atoms with Crippen LogP contribution in [0.1, 0.15) is 59.8 Å². The molecule has 0 amide bonds. The van der Waals surface area contributed by atoms with Gasteiger partial charge in [-0.3, -0.25) is 9.59 Å². The molecule has 0 aromatic carbocycles. The van der Waals surface area contributed by atoms with E-state index in [4.69, 9.17) is 10.2 Å². The SMILES string of the molecule is CC(C)=CCC/C(C)=C/CC/C(C)=C/CSC(CC(=O)O)C(=O)O. The Morgan fingerprint density at radius 3 is 1.96 bits per heavy atom. The maximum Gasteiger partial charge on any atom is 0.317 e. The van der Waals surface area contributed by atoms with E-state index >= 15 is 0 Å². The minimum atomic E-state index is -1.08. The number of carbonyl (C=O) groups is 2. The number of carboxylic acids is 2. The molecule has 0 radical (unpaired) electrons. The van der Waals surface area contributed by atoms with Crippen molar-refractivity contribution in [2.45, 2.75) is 65.0 Å². The van der Waals surface area contributed by atoms with Gasteiger partial charge in [0.15, 0.2) is 0 Å². The van der Waals surface area contributed by atoms with Crippen LogP contribution in [0.4, 0.5) is 0 Å². The Hall–Kier alpha value is -1.49. The van der Waals surface area contributed by atoms with Crippen LogP contribution in [0, 0.1) is 0 Å². The standard InChI is InChI=1S/C19H30O4S/c1-14(2)7-5-8-15(3)9-6-10-16(4)11-12-24-17(19(22)23)13-18(20)21/h7,9,11,17H,5-6,8,10,12-13H2,1-4H3,(H,20,21)(H,22,23)/b15-9+,16-11+. The third-order valence-corrected chi connectivity index (χ3v) is 4.62. The lowest BCUT2D eigenvalue weighted by Crippen LogP contribution is -2.20. The predicted molar refractivity (Wildman–Crippen MR) is 102 cm³/mol. The summed E-state index contributed by atoms with van der Waals surface area (Å²) < 4.78 is 0. The summed E-state index contributed by atoms with van der Waals surface area (Å²) in [6.45, 7) is 8.39. The average Bonchev–Trinajstić information content (AvgIpc) is 2.45. The number of hydrogen-bond donors (Lipinski definition) is 2. The largest absolute Gasteiger partial charge is 0.481 e. The molecular formula is C19H30O4S. The Balaban J connectivity index is 4.16. The molecule has 0 fully saturated rings. The Labute approximate surface area is 149 Å². The first-order valence-corrected chi connectivity index (χ1v) is 9.28. The third kappa shape index (κ3) is 13.0. The van der Waals surface area contributed by atoms with E-state index in [0.717, 1.165) is 37.4 Å². The van der Waals surface area contributed by atoms with Crippen LogP contribution in [0.15, 0.2) is 34.9 Å².